The van der Waals surface area contributed by atoms with Crippen molar-refractivity contribution in [1.82, 2.24) is 9.97 Å². The summed E-state index contributed by atoms with van der Waals surface area (Å²) in [6.07, 6.45) is 2.79. The first kappa shape index (κ1) is 12.3. The van der Waals surface area contributed by atoms with Gasteiger partial charge in [0.25, 0.3) is 0 Å². The van der Waals surface area contributed by atoms with Crippen LogP contribution in [0.3, 0.4) is 0 Å². The molecule has 3 nitrogen and oxygen atoms in total. The van der Waals surface area contributed by atoms with E-state index in [1.54, 1.807) is 0 Å². The molecule has 1 heterocycles. The molecule has 1 N–H and O–H groups in total. The zero-order valence-corrected chi connectivity index (χ0v) is 9.54. The second kappa shape index (κ2) is 5.03. The van der Waals surface area contributed by atoms with Crippen LogP contribution in [-0.4, -0.2) is 16.5 Å². The molecule has 0 amide bonds. The van der Waals surface area contributed by atoms with E-state index in [1.165, 1.54) is 12.4 Å². The molecule has 0 saturated carbocycles. The van der Waals surface area contributed by atoms with Crippen LogP contribution in [0.2, 0.25) is 0 Å². The maximum Gasteiger partial charge on any atom is 0.161 e. The smallest absolute Gasteiger partial charge is 0.161 e. The first-order valence-corrected chi connectivity index (χ1v) is 5.33. The van der Waals surface area contributed by atoms with E-state index >= 15 is 0 Å². The topological polar surface area (TPSA) is 37.8 Å². The number of hydrogen-bond donors (Lipinski definition) is 1. The van der Waals surface area contributed by atoms with E-state index in [2.05, 4.69) is 15.3 Å². The molecule has 2 rings (SSSR count). The third-order valence-electron chi connectivity index (χ3n) is 2.31. The normalized spacial score (nSPS) is 10.4. The third-order valence-corrected chi connectivity index (χ3v) is 2.31. The van der Waals surface area contributed by atoms with Gasteiger partial charge in [0.1, 0.15) is 11.5 Å². The van der Waals surface area contributed by atoms with Crippen LogP contribution in [0.25, 0.3) is 11.3 Å². The molecule has 2 aromatic rings. The van der Waals surface area contributed by atoms with Crippen molar-refractivity contribution in [2.75, 3.05) is 11.9 Å². The molecule has 0 aliphatic carbocycles. The van der Waals surface area contributed by atoms with Gasteiger partial charge in [-0.15, -0.1) is 0 Å². The summed E-state index contributed by atoms with van der Waals surface area (Å²) < 4.78 is 39.6. The maximum atomic E-state index is 13.6. The van der Waals surface area contributed by atoms with Gasteiger partial charge in [-0.3, -0.25) is 4.98 Å². The van der Waals surface area contributed by atoms with Gasteiger partial charge in [-0.05, 0) is 13.0 Å². The minimum Gasteiger partial charge on any atom is -0.369 e. The zero-order chi connectivity index (χ0) is 13.1. The Morgan fingerprint density at radius 1 is 1.00 bits per heavy atom. The Balaban J connectivity index is 2.58. The van der Waals surface area contributed by atoms with Gasteiger partial charge in [0.15, 0.2) is 17.5 Å². The Kier molecular flexibility index (Phi) is 3.45. The lowest BCUT2D eigenvalue weighted by molar-refractivity contribution is 0.496. The molecule has 1 aromatic heterocycles. The summed E-state index contributed by atoms with van der Waals surface area (Å²) in [4.78, 5) is 7.93. The van der Waals surface area contributed by atoms with E-state index in [4.69, 9.17) is 0 Å². The number of anilines is 1. The summed E-state index contributed by atoms with van der Waals surface area (Å²) in [5.41, 5.74) is 0.0219. The van der Waals surface area contributed by atoms with Crippen molar-refractivity contribution in [2.45, 2.75) is 6.92 Å². The first-order valence-electron chi connectivity index (χ1n) is 5.33. The van der Waals surface area contributed by atoms with Gasteiger partial charge >= 0.3 is 0 Å². The lowest BCUT2D eigenvalue weighted by Crippen LogP contribution is -2.04. The van der Waals surface area contributed by atoms with Crippen molar-refractivity contribution in [2.24, 2.45) is 0 Å². The van der Waals surface area contributed by atoms with Gasteiger partial charge < -0.3 is 5.32 Å². The summed E-state index contributed by atoms with van der Waals surface area (Å²) in [6.45, 7) is 2.39. The van der Waals surface area contributed by atoms with E-state index in [-0.39, 0.29) is 11.3 Å². The number of aromatic nitrogens is 2. The van der Waals surface area contributed by atoms with Crippen LogP contribution in [0.4, 0.5) is 19.0 Å². The number of nitrogens with zero attached hydrogens (tertiary/aromatic N) is 2. The van der Waals surface area contributed by atoms with Crippen LogP contribution in [0, 0.1) is 17.5 Å². The van der Waals surface area contributed by atoms with Gasteiger partial charge in [0.2, 0.25) is 0 Å². The Morgan fingerprint density at radius 2 is 1.67 bits per heavy atom. The largest absolute Gasteiger partial charge is 0.369 e. The molecule has 0 atom stereocenters. The summed E-state index contributed by atoms with van der Waals surface area (Å²) in [5.74, 6) is -2.91. The van der Waals surface area contributed by atoms with Crippen LogP contribution in [0.15, 0.2) is 24.5 Å². The van der Waals surface area contributed by atoms with Crippen molar-refractivity contribution >= 4 is 5.82 Å². The molecule has 0 radical (unpaired) electrons. The van der Waals surface area contributed by atoms with Gasteiger partial charge in [0.05, 0.1) is 0 Å². The van der Waals surface area contributed by atoms with Crippen LogP contribution >= 0.6 is 0 Å². The average molecular weight is 253 g/mol. The van der Waals surface area contributed by atoms with Crippen molar-refractivity contribution < 1.29 is 13.2 Å². The minimum absolute atomic E-state index is 0.127. The Hall–Kier alpha value is -2.11. The predicted octanol–water partition coefficient (Wildman–Crippen LogP) is 2.99. The van der Waals surface area contributed by atoms with Crippen molar-refractivity contribution in [3.05, 3.63) is 42.0 Å². The number of hydrogen-bond acceptors (Lipinski definition) is 3. The molecular formula is C12H10F3N3. The van der Waals surface area contributed by atoms with E-state index in [9.17, 15) is 13.2 Å². The van der Waals surface area contributed by atoms with Gasteiger partial charge in [-0.2, -0.15) is 0 Å². The highest BCUT2D eigenvalue weighted by Gasteiger charge is 2.15. The predicted molar refractivity (Wildman–Crippen MR) is 61.5 cm³/mol. The molecule has 0 aliphatic heterocycles. The molecule has 94 valence electrons. The van der Waals surface area contributed by atoms with E-state index in [1.807, 2.05) is 6.92 Å². The quantitative estimate of drug-likeness (QED) is 0.854. The second-order valence-electron chi connectivity index (χ2n) is 3.53. The summed E-state index contributed by atoms with van der Waals surface area (Å²) in [7, 11) is 0. The molecule has 0 saturated heterocycles. The van der Waals surface area contributed by atoms with E-state index < -0.39 is 17.5 Å². The maximum absolute atomic E-state index is 13.6. The second-order valence-corrected chi connectivity index (χ2v) is 3.53. The monoisotopic (exact) mass is 253 g/mol. The fraction of sp³-hybridized carbons (Fsp3) is 0.167. The molecule has 0 bridgehead atoms. The Labute approximate surface area is 102 Å². The fourth-order valence-corrected chi connectivity index (χ4v) is 1.54. The summed E-state index contributed by atoms with van der Waals surface area (Å²) in [5, 5.41) is 2.88. The van der Waals surface area contributed by atoms with Crippen molar-refractivity contribution in [1.29, 1.82) is 0 Å². The van der Waals surface area contributed by atoms with Gasteiger partial charge in [0, 0.05) is 30.6 Å². The number of benzene rings is 1. The average Bonchev–Trinajstić information content (AvgIpc) is 2.35. The minimum atomic E-state index is -1.23. The van der Waals surface area contributed by atoms with Crippen LogP contribution in [0.5, 0.6) is 0 Å². The first-order chi connectivity index (χ1) is 8.63. The lowest BCUT2D eigenvalue weighted by Gasteiger charge is -2.09. The van der Waals surface area contributed by atoms with Crippen LogP contribution in [0.1, 0.15) is 6.92 Å². The fourth-order valence-electron chi connectivity index (χ4n) is 1.54. The summed E-state index contributed by atoms with van der Waals surface area (Å²) in [6, 6.07) is 1.27. The molecule has 0 aliphatic rings. The van der Waals surface area contributed by atoms with Crippen LogP contribution in [-0.2, 0) is 0 Å². The van der Waals surface area contributed by atoms with Gasteiger partial charge in [-0.1, -0.05) is 0 Å². The molecular weight excluding hydrogens is 243 g/mol. The van der Waals surface area contributed by atoms with Crippen molar-refractivity contribution in [3.63, 3.8) is 0 Å². The van der Waals surface area contributed by atoms with Crippen LogP contribution < -0.4 is 5.32 Å². The van der Waals surface area contributed by atoms with Crippen molar-refractivity contribution in [3.8, 4) is 11.3 Å². The van der Waals surface area contributed by atoms with E-state index in [0.29, 0.717) is 18.4 Å². The summed E-state index contributed by atoms with van der Waals surface area (Å²) >= 11 is 0. The molecule has 0 unspecified atom stereocenters. The molecule has 18 heavy (non-hydrogen) atoms. The standard InChI is InChI=1S/C12H10F3N3/c1-2-16-12-11(17-3-4-18-12)7-5-9(14)10(15)6-8(7)13/h3-6H,2H2,1H3,(H,16,18). The third kappa shape index (κ3) is 2.27. The Bertz CT molecular complexity index is 572. The highest BCUT2D eigenvalue weighted by atomic mass is 19.2. The molecule has 6 heteroatoms. The highest BCUT2D eigenvalue weighted by Crippen LogP contribution is 2.27. The number of nitrogens with one attached hydrogen (secondary N) is 1. The number of halogens is 3. The number of rotatable bonds is 3. The Morgan fingerprint density at radius 3 is 2.39 bits per heavy atom. The zero-order valence-electron chi connectivity index (χ0n) is 9.54. The molecule has 0 spiro atoms. The molecule has 1 aromatic carbocycles. The van der Waals surface area contributed by atoms with Gasteiger partial charge in [-0.25, -0.2) is 18.2 Å². The van der Waals surface area contributed by atoms with E-state index in [0.717, 1.165) is 6.07 Å². The highest BCUT2D eigenvalue weighted by molar-refractivity contribution is 5.71. The lowest BCUT2D eigenvalue weighted by atomic mass is 10.1. The molecule has 0 fully saturated rings. The SMILES string of the molecule is CCNc1nccnc1-c1cc(F)c(F)cc1F.